The Labute approximate surface area is 382 Å². The van der Waals surface area contributed by atoms with E-state index < -0.39 is 0 Å². The first-order valence-corrected chi connectivity index (χ1v) is 22.7. The van der Waals surface area contributed by atoms with Gasteiger partial charge in [-0.2, -0.15) is 0 Å². The molecule has 0 unspecified atom stereocenters. The van der Waals surface area contributed by atoms with Crippen LogP contribution in [0.3, 0.4) is 0 Å². The van der Waals surface area contributed by atoms with Crippen molar-refractivity contribution in [2.24, 2.45) is 0 Å². The first-order chi connectivity index (χ1) is 32.7. The van der Waals surface area contributed by atoms with E-state index in [1.807, 2.05) is 6.07 Å². The summed E-state index contributed by atoms with van der Waals surface area (Å²) in [7, 11) is 0. The van der Waals surface area contributed by atoms with Crippen LogP contribution in [0, 0.1) is 0 Å². The zero-order chi connectivity index (χ0) is 43.6. The highest BCUT2D eigenvalue weighted by Gasteiger charge is 2.22. The monoisotopic (exact) mass is 839 g/mol. The molecule has 0 spiro atoms. The minimum absolute atomic E-state index is 0.860. The highest BCUT2D eigenvalue weighted by atomic mass is 16.3. The first kappa shape index (κ1) is 37.8. The molecule has 0 saturated carbocycles. The number of furan rings is 1. The summed E-state index contributed by atoms with van der Waals surface area (Å²) in [6.45, 7) is 0. The molecule has 0 atom stereocenters. The van der Waals surface area contributed by atoms with Gasteiger partial charge in [-0.25, -0.2) is 0 Å². The summed E-state index contributed by atoms with van der Waals surface area (Å²) in [5, 5.41) is 12.2. The average Bonchev–Trinajstić information content (AvgIpc) is 3.78. The Balaban J connectivity index is 1.00. The summed E-state index contributed by atoms with van der Waals surface area (Å²) in [4.78, 5) is 2.39. The van der Waals surface area contributed by atoms with Crippen LogP contribution in [0.4, 0.5) is 17.1 Å². The van der Waals surface area contributed by atoms with Crippen molar-refractivity contribution < 1.29 is 4.42 Å². The van der Waals surface area contributed by atoms with Gasteiger partial charge < -0.3 is 9.32 Å². The molecular weight excluding hydrogens is 799 g/mol. The fraction of sp³-hybridized carbons (Fsp3) is 0. The highest BCUT2D eigenvalue weighted by molar-refractivity contribution is 6.22. The average molecular weight is 840 g/mol. The normalized spacial score (nSPS) is 11.6. The molecule has 0 bridgehead atoms. The van der Waals surface area contributed by atoms with Crippen molar-refractivity contribution in [2.45, 2.75) is 0 Å². The topological polar surface area (TPSA) is 16.4 Å². The van der Waals surface area contributed by atoms with Gasteiger partial charge in [-0.3, -0.25) is 0 Å². The van der Waals surface area contributed by atoms with Crippen molar-refractivity contribution >= 4 is 82.1 Å². The van der Waals surface area contributed by atoms with Gasteiger partial charge in [0.2, 0.25) is 0 Å². The maximum atomic E-state index is 6.49. The third-order valence-electron chi connectivity index (χ3n) is 13.4. The minimum atomic E-state index is 0.860. The number of rotatable bonds is 7. The van der Waals surface area contributed by atoms with Crippen LogP contribution in [0.15, 0.2) is 253 Å². The maximum absolute atomic E-state index is 6.49. The standard InChI is InChI=1S/C64H41NO/c1-3-17-44(18-4-1)62-56-25-10-9-24-53(56)55-39-35-47(41-58(55)63(62)45-19-5-2-6-20-45)46-21-13-22-49(40-46)65(59-29-15-31-61-64(59)57-26-11-12-30-60(57)66-61)48-36-32-43(33-37-48)51-27-14-28-52-50-23-8-7-16-42(50)34-38-54(51)52/h1-41H. The molecule has 13 rings (SSSR count). The second-order valence-electron chi connectivity index (χ2n) is 17.2. The van der Waals surface area contributed by atoms with E-state index in [2.05, 4.69) is 248 Å². The Morgan fingerprint density at radius 3 is 1.62 bits per heavy atom. The molecule has 1 aromatic heterocycles. The number of hydrogen-bond acceptors (Lipinski definition) is 2. The smallest absolute Gasteiger partial charge is 0.137 e. The molecule has 0 aliphatic rings. The molecule has 13 aromatic rings. The Morgan fingerprint density at radius 2 is 0.818 bits per heavy atom. The summed E-state index contributed by atoms with van der Waals surface area (Å²) < 4.78 is 6.49. The van der Waals surface area contributed by atoms with Crippen molar-refractivity contribution in [2.75, 3.05) is 4.90 Å². The van der Waals surface area contributed by atoms with Crippen LogP contribution in [0.1, 0.15) is 0 Å². The number of nitrogens with zero attached hydrogens (tertiary/aromatic N) is 1. The lowest BCUT2D eigenvalue weighted by Crippen LogP contribution is -2.10. The SMILES string of the molecule is c1ccc(-c2c(-c3ccccc3)c3cc(-c4cccc(N(c5ccc(-c6cccc7c6ccc6ccccc67)cc5)c5cccc6oc7ccccc7c56)c4)ccc3c3ccccc23)cc1. The minimum Gasteiger partial charge on any atom is -0.456 e. The van der Waals surface area contributed by atoms with Gasteiger partial charge in [-0.1, -0.05) is 200 Å². The van der Waals surface area contributed by atoms with Crippen LogP contribution in [0.2, 0.25) is 0 Å². The Morgan fingerprint density at radius 1 is 0.273 bits per heavy atom. The van der Waals surface area contributed by atoms with Crippen molar-refractivity contribution in [1.82, 2.24) is 0 Å². The molecule has 0 N–H and O–H groups in total. The van der Waals surface area contributed by atoms with Gasteiger partial charge in [0.25, 0.3) is 0 Å². The predicted octanol–water partition coefficient (Wildman–Crippen LogP) is 18.3. The van der Waals surface area contributed by atoms with E-state index in [1.165, 1.54) is 76.5 Å². The molecule has 0 radical (unpaired) electrons. The lowest BCUT2D eigenvalue weighted by Gasteiger charge is -2.27. The number of anilines is 3. The van der Waals surface area contributed by atoms with Crippen LogP contribution in [-0.4, -0.2) is 0 Å². The summed E-state index contributed by atoms with van der Waals surface area (Å²) in [6, 6.07) is 90.3. The van der Waals surface area contributed by atoms with Gasteiger partial charge in [0.15, 0.2) is 0 Å². The first-order valence-electron chi connectivity index (χ1n) is 22.7. The van der Waals surface area contributed by atoms with Gasteiger partial charge in [0.1, 0.15) is 11.2 Å². The molecule has 66 heavy (non-hydrogen) atoms. The van der Waals surface area contributed by atoms with Gasteiger partial charge in [-0.15, -0.1) is 0 Å². The quantitative estimate of drug-likeness (QED) is 0.149. The summed E-state index contributed by atoms with van der Waals surface area (Å²) >= 11 is 0. The molecule has 12 aromatic carbocycles. The zero-order valence-corrected chi connectivity index (χ0v) is 36.0. The van der Waals surface area contributed by atoms with E-state index in [-0.39, 0.29) is 0 Å². The van der Waals surface area contributed by atoms with Gasteiger partial charge in [-0.05, 0) is 136 Å². The molecule has 0 aliphatic heterocycles. The lowest BCUT2D eigenvalue weighted by atomic mass is 9.84. The van der Waals surface area contributed by atoms with E-state index >= 15 is 0 Å². The van der Waals surface area contributed by atoms with E-state index in [0.717, 1.165) is 50.1 Å². The van der Waals surface area contributed by atoms with Crippen molar-refractivity contribution in [3.8, 4) is 44.5 Å². The molecule has 2 heteroatoms. The van der Waals surface area contributed by atoms with E-state index in [0.29, 0.717) is 0 Å². The predicted molar refractivity (Wildman–Crippen MR) is 280 cm³/mol. The van der Waals surface area contributed by atoms with Gasteiger partial charge >= 0.3 is 0 Å². The molecule has 0 aliphatic carbocycles. The largest absolute Gasteiger partial charge is 0.456 e. The van der Waals surface area contributed by atoms with E-state index in [9.17, 15) is 0 Å². The second kappa shape index (κ2) is 15.5. The number of fused-ring (bicyclic) bond motifs is 9. The number of benzene rings is 12. The van der Waals surface area contributed by atoms with Crippen molar-refractivity contribution in [3.63, 3.8) is 0 Å². The maximum Gasteiger partial charge on any atom is 0.137 e. The number of para-hydroxylation sites is 1. The van der Waals surface area contributed by atoms with Crippen LogP contribution in [0.25, 0.3) is 110 Å². The van der Waals surface area contributed by atoms with Crippen LogP contribution in [0.5, 0.6) is 0 Å². The van der Waals surface area contributed by atoms with Crippen molar-refractivity contribution in [3.05, 3.63) is 249 Å². The third-order valence-corrected chi connectivity index (χ3v) is 13.4. The molecular formula is C64H41NO. The lowest BCUT2D eigenvalue weighted by molar-refractivity contribution is 0.669. The van der Waals surface area contributed by atoms with E-state index in [4.69, 9.17) is 4.42 Å². The second-order valence-corrected chi connectivity index (χ2v) is 17.2. The fourth-order valence-corrected chi connectivity index (χ4v) is 10.5. The van der Waals surface area contributed by atoms with Crippen LogP contribution >= 0.6 is 0 Å². The molecule has 0 fully saturated rings. The summed E-state index contributed by atoms with van der Waals surface area (Å²) in [5.74, 6) is 0. The molecule has 2 nitrogen and oxygen atoms in total. The van der Waals surface area contributed by atoms with Crippen LogP contribution in [-0.2, 0) is 0 Å². The van der Waals surface area contributed by atoms with Crippen molar-refractivity contribution in [1.29, 1.82) is 0 Å². The molecule has 0 amide bonds. The summed E-state index contributed by atoms with van der Waals surface area (Å²) in [6.07, 6.45) is 0. The fourth-order valence-electron chi connectivity index (χ4n) is 10.5. The number of hydrogen-bond donors (Lipinski definition) is 0. The Bertz CT molecular complexity index is 3980. The van der Waals surface area contributed by atoms with Gasteiger partial charge in [0.05, 0.1) is 11.1 Å². The molecule has 1 heterocycles. The third kappa shape index (κ3) is 6.18. The zero-order valence-electron chi connectivity index (χ0n) is 36.0. The van der Waals surface area contributed by atoms with Crippen LogP contribution < -0.4 is 4.90 Å². The Kier molecular flexibility index (Phi) is 8.89. The Hall–Kier alpha value is -8.72. The summed E-state index contributed by atoms with van der Waals surface area (Å²) in [5.41, 5.74) is 14.5. The highest BCUT2D eigenvalue weighted by Crippen LogP contribution is 2.47. The van der Waals surface area contributed by atoms with Gasteiger partial charge in [0, 0.05) is 16.8 Å². The van der Waals surface area contributed by atoms with E-state index in [1.54, 1.807) is 0 Å². The molecule has 308 valence electrons. The molecule has 0 saturated heterocycles.